The Morgan fingerprint density at radius 3 is 2.50 bits per heavy atom. The van der Waals surface area contributed by atoms with Gasteiger partial charge in [0.15, 0.2) is 0 Å². The Labute approximate surface area is 72.9 Å². The molecule has 0 spiro atoms. The number of hydrogen-bond donors (Lipinski definition) is 2. The quantitative estimate of drug-likeness (QED) is 0.534. The lowest BCUT2D eigenvalue weighted by atomic mass is 9.99. The maximum atomic E-state index is 5.42. The molecule has 0 bridgehead atoms. The van der Waals surface area contributed by atoms with Crippen molar-refractivity contribution in [3.05, 3.63) is 23.7 Å². The van der Waals surface area contributed by atoms with E-state index in [9.17, 15) is 0 Å². The molecule has 68 valence electrons. The van der Waals surface area contributed by atoms with E-state index in [4.69, 9.17) is 10.3 Å². The van der Waals surface area contributed by atoms with Crippen LogP contribution in [0.2, 0.25) is 0 Å². The minimum Gasteiger partial charge on any atom is -0.469 e. The molecule has 1 atom stereocenters. The van der Waals surface area contributed by atoms with Gasteiger partial charge in [0.25, 0.3) is 0 Å². The third-order valence-electron chi connectivity index (χ3n) is 1.96. The summed E-state index contributed by atoms with van der Waals surface area (Å²) in [7, 11) is 0. The van der Waals surface area contributed by atoms with Crippen molar-refractivity contribution >= 4 is 0 Å². The van der Waals surface area contributed by atoms with Gasteiger partial charge in [0.1, 0.15) is 5.76 Å². The molecule has 0 saturated carbocycles. The number of nitrogens with one attached hydrogen (secondary N) is 1. The van der Waals surface area contributed by atoms with Crippen molar-refractivity contribution in [3.8, 4) is 0 Å². The molecular weight excluding hydrogens is 152 g/mol. The van der Waals surface area contributed by atoms with Crippen molar-refractivity contribution in [1.29, 1.82) is 0 Å². The Kier molecular flexibility index (Phi) is 2.89. The van der Waals surface area contributed by atoms with Crippen molar-refractivity contribution in [3.63, 3.8) is 0 Å². The van der Waals surface area contributed by atoms with Crippen molar-refractivity contribution < 1.29 is 4.42 Å². The van der Waals surface area contributed by atoms with Crippen LogP contribution in [-0.2, 0) is 0 Å². The van der Waals surface area contributed by atoms with Crippen LogP contribution < -0.4 is 11.3 Å². The fraction of sp³-hybridized carbons (Fsp3) is 0.556. The molecule has 1 aromatic rings. The summed E-state index contributed by atoms with van der Waals surface area (Å²) in [6.07, 6.45) is 1.75. The Morgan fingerprint density at radius 1 is 1.50 bits per heavy atom. The average molecular weight is 168 g/mol. The fourth-order valence-corrected chi connectivity index (χ4v) is 1.30. The van der Waals surface area contributed by atoms with Gasteiger partial charge < -0.3 is 4.42 Å². The highest BCUT2D eigenvalue weighted by Gasteiger charge is 2.15. The number of furan rings is 1. The SMILES string of the molecule is Cc1cc(C(NN)C(C)C)co1. The number of hydrogen-bond acceptors (Lipinski definition) is 3. The van der Waals surface area contributed by atoms with Gasteiger partial charge in [0, 0.05) is 5.56 Å². The van der Waals surface area contributed by atoms with Crippen molar-refractivity contribution in [1.82, 2.24) is 5.43 Å². The molecular formula is C9H16N2O. The van der Waals surface area contributed by atoms with Gasteiger partial charge in [-0.3, -0.25) is 11.3 Å². The van der Waals surface area contributed by atoms with Gasteiger partial charge in [-0.15, -0.1) is 0 Å². The molecule has 0 aliphatic heterocycles. The summed E-state index contributed by atoms with van der Waals surface area (Å²) in [5, 5.41) is 0. The summed E-state index contributed by atoms with van der Waals surface area (Å²) < 4.78 is 5.20. The molecule has 0 aromatic carbocycles. The van der Waals surface area contributed by atoms with E-state index in [1.807, 2.05) is 13.0 Å². The predicted octanol–water partition coefficient (Wildman–Crippen LogP) is 1.75. The molecule has 0 fully saturated rings. The normalized spacial score (nSPS) is 13.8. The molecule has 3 nitrogen and oxygen atoms in total. The first kappa shape index (κ1) is 9.29. The Morgan fingerprint density at radius 2 is 2.17 bits per heavy atom. The van der Waals surface area contributed by atoms with Crippen LogP contribution >= 0.6 is 0 Å². The minimum absolute atomic E-state index is 0.183. The molecule has 1 unspecified atom stereocenters. The molecule has 0 saturated heterocycles. The topological polar surface area (TPSA) is 51.2 Å². The van der Waals surface area contributed by atoms with Crippen LogP contribution in [0.25, 0.3) is 0 Å². The van der Waals surface area contributed by atoms with Crippen LogP contribution in [0.15, 0.2) is 16.7 Å². The standard InChI is InChI=1S/C9H16N2O/c1-6(2)9(11-10)8-4-7(3)12-5-8/h4-6,9,11H,10H2,1-3H3. The summed E-state index contributed by atoms with van der Waals surface area (Å²) >= 11 is 0. The van der Waals surface area contributed by atoms with Gasteiger partial charge in [-0.2, -0.15) is 0 Å². The fourth-order valence-electron chi connectivity index (χ4n) is 1.30. The van der Waals surface area contributed by atoms with Crippen LogP contribution in [-0.4, -0.2) is 0 Å². The van der Waals surface area contributed by atoms with E-state index >= 15 is 0 Å². The van der Waals surface area contributed by atoms with Gasteiger partial charge in [0.05, 0.1) is 12.3 Å². The third-order valence-corrected chi connectivity index (χ3v) is 1.96. The number of hydrazine groups is 1. The minimum atomic E-state index is 0.183. The van der Waals surface area contributed by atoms with Crippen molar-refractivity contribution in [2.24, 2.45) is 11.8 Å². The van der Waals surface area contributed by atoms with Crippen LogP contribution in [0.5, 0.6) is 0 Å². The lowest BCUT2D eigenvalue weighted by molar-refractivity contribution is 0.415. The number of aryl methyl sites for hydroxylation is 1. The smallest absolute Gasteiger partial charge is 0.101 e. The van der Waals surface area contributed by atoms with Gasteiger partial charge >= 0.3 is 0 Å². The van der Waals surface area contributed by atoms with E-state index in [1.165, 1.54) is 0 Å². The molecule has 0 amide bonds. The second kappa shape index (κ2) is 3.74. The average Bonchev–Trinajstić information content (AvgIpc) is 2.37. The molecule has 3 heteroatoms. The van der Waals surface area contributed by atoms with Crippen LogP contribution in [0.4, 0.5) is 0 Å². The molecule has 12 heavy (non-hydrogen) atoms. The molecule has 1 aromatic heterocycles. The summed E-state index contributed by atoms with van der Waals surface area (Å²) in [5.74, 6) is 6.81. The van der Waals surface area contributed by atoms with Crippen LogP contribution in [0, 0.1) is 12.8 Å². The van der Waals surface area contributed by atoms with E-state index in [0.29, 0.717) is 5.92 Å². The van der Waals surface area contributed by atoms with E-state index in [0.717, 1.165) is 11.3 Å². The summed E-state index contributed by atoms with van der Waals surface area (Å²) in [6.45, 7) is 6.16. The monoisotopic (exact) mass is 168 g/mol. The highest BCUT2D eigenvalue weighted by Crippen LogP contribution is 2.22. The first-order valence-electron chi connectivity index (χ1n) is 4.16. The van der Waals surface area contributed by atoms with E-state index < -0.39 is 0 Å². The van der Waals surface area contributed by atoms with Crippen LogP contribution in [0.1, 0.15) is 31.2 Å². The Hall–Kier alpha value is -0.800. The van der Waals surface area contributed by atoms with Gasteiger partial charge in [-0.25, -0.2) is 0 Å². The predicted molar refractivity (Wildman–Crippen MR) is 48.3 cm³/mol. The highest BCUT2D eigenvalue weighted by atomic mass is 16.3. The lowest BCUT2D eigenvalue weighted by Gasteiger charge is -2.17. The maximum absolute atomic E-state index is 5.42. The van der Waals surface area contributed by atoms with E-state index in [-0.39, 0.29) is 6.04 Å². The maximum Gasteiger partial charge on any atom is 0.101 e. The Balaban J connectivity index is 2.80. The number of rotatable bonds is 3. The molecule has 3 N–H and O–H groups in total. The first-order valence-corrected chi connectivity index (χ1v) is 4.16. The zero-order valence-electron chi connectivity index (χ0n) is 7.79. The Bertz CT molecular complexity index is 242. The van der Waals surface area contributed by atoms with Gasteiger partial charge in [0.2, 0.25) is 0 Å². The van der Waals surface area contributed by atoms with Gasteiger partial charge in [-0.05, 0) is 18.9 Å². The molecule has 1 rings (SSSR count). The molecule has 0 aliphatic carbocycles. The van der Waals surface area contributed by atoms with Crippen LogP contribution in [0.3, 0.4) is 0 Å². The second-order valence-corrected chi connectivity index (χ2v) is 3.38. The largest absolute Gasteiger partial charge is 0.469 e. The van der Waals surface area contributed by atoms with Crippen molar-refractivity contribution in [2.45, 2.75) is 26.8 Å². The first-order chi connectivity index (χ1) is 5.65. The lowest BCUT2D eigenvalue weighted by Crippen LogP contribution is -2.31. The van der Waals surface area contributed by atoms with E-state index in [1.54, 1.807) is 6.26 Å². The highest BCUT2D eigenvalue weighted by molar-refractivity contribution is 5.16. The molecule has 1 heterocycles. The zero-order valence-corrected chi connectivity index (χ0v) is 7.79. The van der Waals surface area contributed by atoms with Crippen molar-refractivity contribution in [2.75, 3.05) is 0 Å². The molecule has 0 radical (unpaired) electrons. The molecule has 0 aliphatic rings. The summed E-state index contributed by atoms with van der Waals surface area (Å²) in [5.41, 5.74) is 3.89. The second-order valence-electron chi connectivity index (χ2n) is 3.38. The third kappa shape index (κ3) is 1.87. The zero-order chi connectivity index (χ0) is 9.14. The summed E-state index contributed by atoms with van der Waals surface area (Å²) in [6, 6.07) is 2.19. The number of nitrogens with two attached hydrogens (primary N) is 1. The van der Waals surface area contributed by atoms with Gasteiger partial charge in [-0.1, -0.05) is 13.8 Å². The summed E-state index contributed by atoms with van der Waals surface area (Å²) in [4.78, 5) is 0. The van der Waals surface area contributed by atoms with E-state index in [2.05, 4.69) is 19.3 Å².